The fourth-order valence-electron chi connectivity index (χ4n) is 3.35. The molecule has 1 saturated heterocycles. The summed E-state index contributed by atoms with van der Waals surface area (Å²) in [4.78, 5) is 26.3. The Kier molecular flexibility index (Phi) is 12.9. The van der Waals surface area contributed by atoms with Crippen LogP contribution in [-0.4, -0.2) is 55.3 Å². The molecule has 1 amide bonds. The zero-order valence-electron chi connectivity index (χ0n) is 17.6. The summed E-state index contributed by atoms with van der Waals surface area (Å²) in [5.74, 6) is -0.224. The van der Waals surface area contributed by atoms with E-state index in [2.05, 4.69) is 17.1 Å². The van der Waals surface area contributed by atoms with E-state index in [4.69, 9.17) is 9.47 Å². The van der Waals surface area contributed by atoms with Gasteiger partial charge in [-0.15, -0.1) is 0 Å². The highest BCUT2D eigenvalue weighted by molar-refractivity contribution is 5.70. The molecule has 1 rings (SSSR count). The summed E-state index contributed by atoms with van der Waals surface area (Å²) >= 11 is 0. The van der Waals surface area contributed by atoms with Crippen LogP contribution in [0, 0.1) is 0 Å². The highest BCUT2D eigenvalue weighted by Gasteiger charge is 2.17. The Bertz CT molecular complexity index is 409. The highest BCUT2D eigenvalue weighted by atomic mass is 16.6. The lowest BCUT2D eigenvalue weighted by Gasteiger charge is -2.26. The maximum absolute atomic E-state index is 12.1. The van der Waals surface area contributed by atoms with Crippen LogP contribution in [0.5, 0.6) is 0 Å². The molecule has 0 aromatic heterocycles. The summed E-state index contributed by atoms with van der Waals surface area (Å²) in [6.07, 6.45) is 9.21. The van der Waals surface area contributed by atoms with Crippen molar-refractivity contribution < 1.29 is 19.1 Å². The van der Waals surface area contributed by atoms with Gasteiger partial charge in [-0.1, -0.05) is 32.6 Å². The molecule has 1 heterocycles. The molecule has 0 aromatic carbocycles. The number of carbonyl (C=O) groups is 2. The van der Waals surface area contributed by atoms with Crippen LogP contribution < -0.4 is 5.32 Å². The van der Waals surface area contributed by atoms with Crippen LogP contribution in [0.3, 0.4) is 0 Å². The fraction of sp³-hybridized carbons (Fsp3) is 0.905. The topological polar surface area (TPSA) is 67.9 Å². The van der Waals surface area contributed by atoms with Crippen molar-refractivity contribution in [2.75, 3.05) is 26.2 Å². The number of carbonyl (C=O) groups excluding carboxylic acids is 2. The van der Waals surface area contributed by atoms with Crippen LogP contribution in [0.25, 0.3) is 0 Å². The Hall–Kier alpha value is -1.30. The van der Waals surface area contributed by atoms with Gasteiger partial charge < -0.3 is 19.7 Å². The van der Waals surface area contributed by atoms with Crippen molar-refractivity contribution in [3.63, 3.8) is 0 Å². The molecule has 1 N–H and O–H groups in total. The van der Waals surface area contributed by atoms with Crippen LogP contribution >= 0.6 is 0 Å². The maximum Gasteiger partial charge on any atom is 0.407 e. The number of likely N-dealkylation sites (tertiary alicyclic amines) is 1. The Morgan fingerprint density at radius 2 is 1.74 bits per heavy atom. The van der Waals surface area contributed by atoms with Gasteiger partial charge in [-0.3, -0.25) is 4.79 Å². The minimum atomic E-state index is -0.371. The minimum absolute atomic E-state index is 0.112. The number of piperidine rings is 1. The van der Waals surface area contributed by atoms with Gasteiger partial charge in [0.25, 0.3) is 0 Å². The van der Waals surface area contributed by atoms with Crippen molar-refractivity contribution >= 4 is 12.1 Å². The van der Waals surface area contributed by atoms with Crippen LogP contribution in [0.2, 0.25) is 0 Å². The van der Waals surface area contributed by atoms with Crippen molar-refractivity contribution in [3.8, 4) is 0 Å². The third-order valence-electron chi connectivity index (χ3n) is 4.84. The molecular formula is C21H40N2O4. The number of nitrogens with one attached hydrogen (secondary N) is 1. The number of hydrogen-bond donors (Lipinski definition) is 1. The first-order chi connectivity index (χ1) is 13.0. The second-order valence-electron chi connectivity index (χ2n) is 7.78. The van der Waals surface area contributed by atoms with Crippen molar-refractivity contribution in [2.24, 2.45) is 0 Å². The van der Waals surface area contributed by atoms with Crippen LogP contribution in [0.4, 0.5) is 4.79 Å². The molecule has 0 aromatic rings. The van der Waals surface area contributed by atoms with E-state index < -0.39 is 0 Å². The average molecular weight is 385 g/mol. The van der Waals surface area contributed by atoms with Gasteiger partial charge in [0.2, 0.25) is 0 Å². The largest absolute Gasteiger partial charge is 0.463 e. The van der Waals surface area contributed by atoms with E-state index in [1.54, 1.807) is 0 Å². The highest BCUT2D eigenvalue weighted by Crippen LogP contribution is 2.14. The second kappa shape index (κ2) is 14.7. The molecule has 158 valence electrons. The van der Waals surface area contributed by atoms with Crippen molar-refractivity contribution in [2.45, 2.75) is 97.2 Å². The Balaban J connectivity index is 2.31. The molecule has 0 bridgehead atoms. The molecule has 1 atom stereocenters. The second-order valence-corrected chi connectivity index (χ2v) is 7.78. The third kappa shape index (κ3) is 12.7. The molecule has 1 aliphatic heterocycles. The Labute approximate surface area is 165 Å². The SMILES string of the molecule is CCCCCCC(CCC(=O)OC(C)C)OC(=O)NCCN1CCCCC1. The van der Waals surface area contributed by atoms with Crippen LogP contribution in [-0.2, 0) is 14.3 Å². The molecule has 0 saturated carbocycles. The van der Waals surface area contributed by atoms with Gasteiger partial charge in [0.05, 0.1) is 6.10 Å². The van der Waals surface area contributed by atoms with Gasteiger partial charge in [-0.2, -0.15) is 0 Å². The first kappa shape index (κ1) is 23.7. The number of unbranched alkanes of at least 4 members (excludes halogenated alkanes) is 3. The maximum atomic E-state index is 12.1. The number of alkyl carbamates (subject to hydrolysis) is 1. The molecule has 1 unspecified atom stereocenters. The van der Waals surface area contributed by atoms with Gasteiger partial charge in [0, 0.05) is 19.5 Å². The van der Waals surface area contributed by atoms with Gasteiger partial charge >= 0.3 is 12.1 Å². The molecule has 27 heavy (non-hydrogen) atoms. The van der Waals surface area contributed by atoms with Gasteiger partial charge in [0.1, 0.15) is 6.10 Å². The summed E-state index contributed by atoms with van der Waals surface area (Å²) in [7, 11) is 0. The molecule has 0 aliphatic carbocycles. The first-order valence-electron chi connectivity index (χ1n) is 10.9. The van der Waals surface area contributed by atoms with Crippen molar-refractivity contribution in [1.29, 1.82) is 0 Å². The number of esters is 1. The van der Waals surface area contributed by atoms with Crippen molar-refractivity contribution in [1.82, 2.24) is 10.2 Å². The molecule has 6 heteroatoms. The number of amides is 1. The molecular weight excluding hydrogens is 344 g/mol. The van der Waals surface area contributed by atoms with E-state index in [9.17, 15) is 9.59 Å². The van der Waals surface area contributed by atoms with E-state index in [1.165, 1.54) is 32.1 Å². The number of nitrogens with zero attached hydrogens (tertiary/aromatic N) is 1. The lowest BCUT2D eigenvalue weighted by atomic mass is 10.1. The summed E-state index contributed by atoms with van der Waals surface area (Å²) < 4.78 is 10.8. The van der Waals surface area contributed by atoms with E-state index in [0.717, 1.165) is 38.9 Å². The molecule has 6 nitrogen and oxygen atoms in total. The standard InChI is InChI=1S/C21H40N2O4/c1-4-5-6-8-11-19(12-13-20(24)26-18(2)3)27-21(25)22-14-17-23-15-9-7-10-16-23/h18-19H,4-17H2,1-3H3,(H,22,25). The smallest absolute Gasteiger partial charge is 0.407 e. The molecule has 1 aliphatic rings. The van der Waals surface area contributed by atoms with Crippen molar-refractivity contribution in [3.05, 3.63) is 0 Å². The summed E-state index contributed by atoms with van der Waals surface area (Å²) in [6, 6.07) is 0. The normalized spacial score (nSPS) is 16.1. The zero-order valence-corrected chi connectivity index (χ0v) is 17.6. The summed E-state index contributed by atoms with van der Waals surface area (Å²) in [5, 5.41) is 2.86. The predicted molar refractivity (Wildman–Crippen MR) is 108 cm³/mol. The van der Waals surface area contributed by atoms with Crippen LogP contribution in [0.15, 0.2) is 0 Å². The van der Waals surface area contributed by atoms with Gasteiger partial charge in [0.15, 0.2) is 0 Å². The Morgan fingerprint density at radius 1 is 1.00 bits per heavy atom. The van der Waals surface area contributed by atoms with E-state index in [-0.39, 0.29) is 30.7 Å². The number of hydrogen-bond acceptors (Lipinski definition) is 5. The van der Waals surface area contributed by atoms with Crippen LogP contribution in [0.1, 0.15) is 85.0 Å². The third-order valence-corrected chi connectivity index (χ3v) is 4.84. The van der Waals surface area contributed by atoms with E-state index in [0.29, 0.717) is 13.0 Å². The number of rotatable bonds is 13. The quantitative estimate of drug-likeness (QED) is 0.379. The average Bonchev–Trinajstić information content (AvgIpc) is 2.63. The van der Waals surface area contributed by atoms with E-state index >= 15 is 0 Å². The molecule has 1 fully saturated rings. The lowest BCUT2D eigenvalue weighted by molar-refractivity contribution is -0.148. The summed E-state index contributed by atoms with van der Waals surface area (Å²) in [5.41, 5.74) is 0. The number of ether oxygens (including phenoxy) is 2. The Morgan fingerprint density at radius 3 is 2.41 bits per heavy atom. The molecule has 0 radical (unpaired) electrons. The lowest BCUT2D eigenvalue weighted by Crippen LogP contribution is -2.38. The van der Waals surface area contributed by atoms with E-state index in [1.807, 2.05) is 13.8 Å². The first-order valence-corrected chi connectivity index (χ1v) is 10.9. The fourth-order valence-corrected chi connectivity index (χ4v) is 3.35. The van der Waals surface area contributed by atoms with Gasteiger partial charge in [-0.25, -0.2) is 4.79 Å². The monoisotopic (exact) mass is 384 g/mol. The predicted octanol–water partition coefficient (Wildman–Crippen LogP) is 4.27. The van der Waals surface area contributed by atoms with Gasteiger partial charge in [-0.05, 0) is 59.0 Å². The zero-order chi connectivity index (χ0) is 19.9. The summed E-state index contributed by atoms with van der Waals surface area (Å²) in [6.45, 7) is 9.57. The minimum Gasteiger partial charge on any atom is -0.463 e. The molecule has 0 spiro atoms.